The van der Waals surface area contributed by atoms with Crippen molar-refractivity contribution >= 4 is 29.0 Å². The number of nitrogens with two attached hydrogens (primary N) is 1. The highest BCUT2D eigenvalue weighted by Gasteiger charge is 2.21. The molecule has 0 saturated carbocycles. The number of hydrogen-bond donors (Lipinski definition) is 1. The molecule has 0 aromatic heterocycles. The molecule has 104 valence electrons. The van der Waals surface area contributed by atoms with Crippen LogP contribution in [0.1, 0.15) is 25.7 Å². The van der Waals surface area contributed by atoms with Gasteiger partial charge in [-0.1, -0.05) is 24.4 Å². The van der Waals surface area contributed by atoms with Crippen LogP contribution in [0.3, 0.4) is 0 Å². The van der Waals surface area contributed by atoms with Gasteiger partial charge in [0.25, 0.3) is 0 Å². The van der Waals surface area contributed by atoms with E-state index < -0.39 is 0 Å². The van der Waals surface area contributed by atoms with Gasteiger partial charge in [0.2, 0.25) is 0 Å². The minimum Gasteiger partial charge on any atom is -0.397 e. The van der Waals surface area contributed by atoms with Crippen molar-refractivity contribution in [2.24, 2.45) is 0 Å². The summed E-state index contributed by atoms with van der Waals surface area (Å²) >= 11 is 5.97. The molecular weight excluding hydrogens is 262 g/mol. The highest BCUT2D eigenvalue weighted by atomic mass is 35.5. The molecule has 1 aliphatic heterocycles. The number of benzene rings is 1. The predicted molar refractivity (Wildman–Crippen MR) is 79.7 cm³/mol. The predicted octanol–water partition coefficient (Wildman–Crippen LogP) is 3.35. The Bertz CT molecular complexity index is 456. The van der Waals surface area contributed by atoms with E-state index in [4.69, 9.17) is 17.3 Å². The summed E-state index contributed by atoms with van der Waals surface area (Å²) in [5.74, 6) is 0. The molecule has 2 rings (SSSR count). The maximum absolute atomic E-state index is 12.5. The summed E-state index contributed by atoms with van der Waals surface area (Å²) in [5, 5.41) is 0.583. The molecule has 1 heterocycles. The van der Waals surface area contributed by atoms with Crippen LogP contribution in [0.4, 0.5) is 16.2 Å². The van der Waals surface area contributed by atoms with Gasteiger partial charge in [-0.3, -0.25) is 4.90 Å². The monoisotopic (exact) mass is 281 g/mol. The Morgan fingerprint density at radius 1 is 1.26 bits per heavy atom. The Balaban J connectivity index is 2.15. The Morgan fingerprint density at radius 2 is 1.89 bits per heavy atom. The van der Waals surface area contributed by atoms with Gasteiger partial charge >= 0.3 is 6.03 Å². The Labute approximate surface area is 119 Å². The first-order valence-corrected chi connectivity index (χ1v) is 7.05. The van der Waals surface area contributed by atoms with E-state index in [-0.39, 0.29) is 6.03 Å². The summed E-state index contributed by atoms with van der Waals surface area (Å²) in [6, 6.07) is 5.18. The van der Waals surface area contributed by atoms with Crippen LogP contribution >= 0.6 is 11.6 Å². The fraction of sp³-hybridized carbons (Fsp3) is 0.500. The molecule has 0 aliphatic carbocycles. The number of anilines is 2. The van der Waals surface area contributed by atoms with Crippen LogP contribution in [0.15, 0.2) is 18.2 Å². The van der Waals surface area contributed by atoms with E-state index in [0.29, 0.717) is 16.4 Å². The second kappa shape index (κ2) is 6.15. The quantitative estimate of drug-likeness (QED) is 0.803. The summed E-state index contributed by atoms with van der Waals surface area (Å²) in [6.45, 7) is 1.65. The lowest BCUT2D eigenvalue weighted by atomic mass is 10.2. The summed E-state index contributed by atoms with van der Waals surface area (Å²) in [7, 11) is 1.75. The van der Waals surface area contributed by atoms with Crippen LogP contribution < -0.4 is 10.6 Å². The van der Waals surface area contributed by atoms with E-state index in [1.165, 1.54) is 12.8 Å². The third kappa shape index (κ3) is 3.32. The van der Waals surface area contributed by atoms with Crippen LogP contribution in [0, 0.1) is 0 Å². The van der Waals surface area contributed by atoms with Crippen LogP contribution in [-0.2, 0) is 0 Å². The van der Waals surface area contributed by atoms with Crippen LogP contribution in [0.25, 0.3) is 0 Å². The number of urea groups is 1. The van der Waals surface area contributed by atoms with Gasteiger partial charge in [0, 0.05) is 25.2 Å². The van der Waals surface area contributed by atoms with Gasteiger partial charge in [-0.25, -0.2) is 4.79 Å². The van der Waals surface area contributed by atoms with E-state index >= 15 is 0 Å². The van der Waals surface area contributed by atoms with E-state index in [2.05, 4.69) is 0 Å². The average Bonchev–Trinajstić information content (AvgIpc) is 2.69. The average molecular weight is 282 g/mol. The van der Waals surface area contributed by atoms with Crippen LogP contribution in [0.5, 0.6) is 0 Å². The first-order valence-electron chi connectivity index (χ1n) is 6.67. The molecular formula is C14H20ClN3O. The first kappa shape index (κ1) is 14.0. The molecule has 2 N–H and O–H groups in total. The molecule has 0 atom stereocenters. The highest BCUT2D eigenvalue weighted by molar-refractivity contribution is 6.31. The molecule has 5 heteroatoms. The number of nitrogen functional groups attached to an aromatic ring is 1. The lowest BCUT2D eigenvalue weighted by molar-refractivity contribution is 0.208. The molecule has 1 aliphatic rings. The van der Waals surface area contributed by atoms with Crippen molar-refractivity contribution < 1.29 is 4.79 Å². The maximum atomic E-state index is 12.5. The number of halogens is 1. The Morgan fingerprint density at radius 3 is 2.53 bits per heavy atom. The van der Waals surface area contributed by atoms with Crippen LogP contribution in [-0.4, -0.2) is 31.1 Å². The number of carbonyl (C=O) groups is 1. The van der Waals surface area contributed by atoms with Crippen molar-refractivity contribution in [2.75, 3.05) is 30.8 Å². The van der Waals surface area contributed by atoms with Gasteiger partial charge in [-0.2, -0.15) is 0 Å². The fourth-order valence-corrected chi connectivity index (χ4v) is 2.55. The molecule has 1 saturated heterocycles. The molecule has 0 spiro atoms. The normalized spacial score (nSPS) is 16.0. The van der Waals surface area contributed by atoms with E-state index in [0.717, 1.165) is 25.9 Å². The fourth-order valence-electron chi connectivity index (χ4n) is 2.38. The standard InChI is InChI=1S/C14H20ClN3O/c1-17(13-10-11(15)6-7-12(13)16)14(19)18-8-4-2-3-5-9-18/h6-7,10H,2-5,8-9,16H2,1H3. The minimum absolute atomic E-state index is 0.00383. The van der Waals surface area contributed by atoms with Crippen molar-refractivity contribution in [1.82, 2.24) is 4.90 Å². The molecule has 19 heavy (non-hydrogen) atoms. The van der Waals surface area contributed by atoms with Gasteiger partial charge in [0.15, 0.2) is 0 Å². The van der Waals surface area contributed by atoms with Gasteiger partial charge in [0.1, 0.15) is 0 Å². The third-order valence-corrected chi connectivity index (χ3v) is 3.75. The molecule has 1 fully saturated rings. The number of rotatable bonds is 1. The Kier molecular flexibility index (Phi) is 4.53. The lowest BCUT2D eigenvalue weighted by Gasteiger charge is -2.28. The summed E-state index contributed by atoms with van der Waals surface area (Å²) in [5.41, 5.74) is 7.15. The van der Waals surface area contributed by atoms with Gasteiger partial charge in [-0.15, -0.1) is 0 Å². The van der Waals surface area contributed by atoms with E-state index in [1.54, 1.807) is 30.1 Å². The van der Waals surface area contributed by atoms with Gasteiger partial charge in [0.05, 0.1) is 11.4 Å². The van der Waals surface area contributed by atoms with Crippen LogP contribution in [0.2, 0.25) is 5.02 Å². The van der Waals surface area contributed by atoms with Crippen molar-refractivity contribution in [3.8, 4) is 0 Å². The zero-order valence-corrected chi connectivity index (χ0v) is 12.0. The third-order valence-electron chi connectivity index (χ3n) is 3.52. The number of amides is 2. The second-order valence-corrected chi connectivity index (χ2v) is 5.38. The molecule has 0 unspecified atom stereocenters. The zero-order chi connectivity index (χ0) is 13.8. The summed E-state index contributed by atoms with van der Waals surface area (Å²) < 4.78 is 0. The second-order valence-electron chi connectivity index (χ2n) is 4.95. The zero-order valence-electron chi connectivity index (χ0n) is 11.2. The largest absolute Gasteiger partial charge is 0.397 e. The number of likely N-dealkylation sites (tertiary alicyclic amines) is 1. The van der Waals surface area contributed by atoms with Gasteiger partial charge in [-0.05, 0) is 31.0 Å². The SMILES string of the molecule is CN(C(=O)N1CCCCCC1)c1cc(Cl)ccc1N. The molecule has 1 aromatic carbocycles. The van der Waals surface area contributed by atoms with E-state index in [1.807, 2.05) is 4.90 Å². The number of hydrogen-bond acceptors (Lipinski definition) is 2. The van der Waals surface area contributed by atoms with E-state index in [9.17, 15) is 4.79 Å². The molecule has 2 amide bonds. The number of nitrogens with zero attached hydrogens (tertiary/aromatic N) is 2. The topological polar surface area (TPSA) is 49.6 Å². The van der Waals surface area contributed by atoms with Gasteiger partial charge < -0.3 is 10.6 Å². The van der Waals surface area contributed by atoms with Crippen molar-refractivity contribution in [3.63, 3.8) is 0 Å². The molecule has 4 nitrogen and oxygen atoms in total. The summed E-state index contributed by atoms with van der Waals surface area (Å²) in [6.07, 6.45) is 4.55. The Hall–Kier alpha value is -1.42. The minimum atomic E-state index is -0.00383. The van der Waals surface area contributed by atoms with Crippen molar-refractivity contribution in [1.29, 1.82) is 0 Å². The van der Waals surface area contributed by atoms with Crippen molar-refractivity contribution in [2.45, 2.75) is 25.7 Å². The molecule has 1 aromatic rings. The molecule has 0 radical (unpaired) electrons. The smallest absolute Gasteiger partial charge is 0.324 e. The lowest BCUT2D eigenvalue weighted by Crippen LogP contribution is -2.42. The maximum Gasteiger partial charge on any atom is 0.324 e. The highest BCUT2D eigenvalue weighted by Crippen LogP contribution is 2.27. The first-order chi connectivity index (χ1) is 9.09. The van der Waals surface area contributed by atoms with Crippen molar-refractivity contribution in [3.05, 3.63) is 23.2 Å². The number of carbonyl (C=O) groups excluding carboxylic acids is 1. The summed E-state index contributed by atoms with van der Waals surface area (Å²) in [4.78, 5) is 16.0. The molecule has 0 bridgehead atoms.